The summed E-state index contributed by atoms with van der Waals surface area (Å²) in [5.74, 6) is 0.192. The van der Waals surface area contributed by atoms with Gasteiger partial charge in [-0.05, 0) is 36.4 Å². The van der Waals surface area contributed by atoms with E-state index < -0.39 is 10.0 Å². The molecule has 174 valence electrons. The third kappa shape index (κ3) is 6.57. The van der Waals surface area contributed by atoms with E-state index in [0.717, 1.165) is 31.4 Å². The van der Waals surface area contributed by atoms with E-state index in [2.05, 4.69) is 31.1 Å². The molecule has 11 heteroatoms. The van der Waals surface area contributed by atoms with Crippen LogP contribution in [-0.2, 0) is 14.8 Å². The van der Waals surface area contributed by atoms with E-state index in [0.29, 0.717) is 26.2 Å². The van der Waals surface area contributed by atoms with Crippen LogP contribution in [0.3, 0.4) is 0 Å². The largest absolute Gasteiger partial charge is 0.369 e. The first-order valence-electron chi connectivity index (χ1n) is 10.2. The number of nitrogens with one attached hydrogen (secondary N) is 1. The van der Waals surface area contributed by atoms with Crippen LogP contribution >= 0.6 is 39.0 Å². The molecule has 1 aromatic heterocycles. The molecule has 0 saturated carbocycles. The molecule has 3 aromatic rings. The fraction of sp³-hybridized carbons (Fsp3) is 0.273. The molecular weight excluding hydrogens is 544 g/mol. The molecule has 0 radical (unpaired) electrons. The Morgan fingerprint density at radius 2 is 1.76 bits per heavy atom. The topological polar surface area (TPSA) is 82.6 Å². The number of hydrogen-bond donors (Lipinski definition) is 1. The summed E-state index contributed by atoms with van der Waals surface area (Å²) in [6.45, 7) is 2.25. The van der Waals surface area contributed by atoms with Crippen molar-refractivity contribution in [1.82, 2.24) is 9.29 Å². The first kappa shape index (κ1) is 24.2. The molecule has 2 heterocycles. The summed E-state index contributed by atoms with van der Waals surface area (Å²) < 4.78 is 26.7. The molecule has 1 saturated heterocycles. The van der Waals surface area contributed by atoms with Gasteiger partial charge in [-0.3, -0.25) is 4.79 Å². The Kier molecular flexibility index (Phi) is 7.75. The average Bonchev–Trinajstić information content (AvgIpc) is 3.27. The SMILES string of the molecule is CS(=O)(=O)N1CCN(c2ccc(NC(=O)CSc3nc(-c4ccc(Br)cc4)cs3)cc2)CC1. The lowest BCUT2D eigenvalue weighted by Crippen LogP contribution is -2.48. The molecule has 0 spiro atoms. The molecule has 1 aliphatic heterocycles. The van der Waals surface area contributed by atoms with Crippen LogP contribution in [-0.4, -0.2) is 61.8 Å². The second-order valence-corrected chi connectivity index (χ2v) is 12.5. The fourth-order valence-electron chi connectivity index (χ4n) is 3.43. The van der Waals surface area contributed by atoms with Gasteiger partial charge in [0.2, 0.25) is 15.9 Å². The summed E-state index contributed by atoms with van der Waals surface area (Å²) in [5, 5.41) is 4.92. The van der Waals surface area contributed by atoms with Crippen molar-refractivity contribution in [2.24, 2.45) is 0 Å². The number of carbonyl (C=O) groups is 1. The summed E-state index contributed by atoms with van der Waals surface area (Å²) in [7, 11) is -3.14. The van der Waals surface area contributed by atoms with Gasteiger partial charge in [0.05, 0.1) is 17.7 Å². The number of aromatic nitrogens is 1. The number of thioether (sulfide) groups is 1. The van der Waals surface area contributed by atoms with Crippen molar-refractivity contribution in [3.05, 3.63) is 58.4 Å². The molecule has 0 bridgehead atoms. The van der Waals surface area contributed by atoms with Gasteiger partial charge in [0.15, 0.2) is 4.34 Å². The maximum absolute atomic E-state index is 12.4. The highest BCUT2D eigenvalue weighted by molar-refractivity contribution is 9.10. The van der Waals surface area contributed by atoms with Crippen molar-refractivity contribution in [2.75, 3.05) is 48.4 Å². The Morgan fingerprint density at radius 3 is 2.39 bits per heavy atom. The predicted octanol–water partition coefficient (Wildman–Crippen LogP) is 4.39. The number of benzene rings is 2. The molecule has 7 nitrogen and oxygen atoms in total. The Hall–Kier alpha value is -1.92. The fourth-order valence-corrected chi connectivity index (χ4v) is 6.16. The van der Waals surface area contributed by atoms with Crippen LogP contribution in [0.15, 0.2) is 62.7 Å². The summed E-state index contributed by atoms with van der Waals surface area (Å²) in [4.78, 5) is 19.1. The van der Waals surface area contributed by atoms with Gasteiger partial charge in [-0.1, -0.05) is 39.8 Å². The van der Waals surface area contributed by atoms with Crippen LogP contribution in [0.25, 0.3) is 11.3 Å². The highest BCUT2D eigenvalue weighted by Gasteiger charge is 2.23. The van der Waals surface area contributed by atoms with Crippen molar-refractivity contribution >= 4 is 66.3 Å². The first-order chi connectivity index (χ1) is 15.8. The number of amides is 1. The second-order valence-electron chi connectivity index (χ2n) is 7.54. The lowest BCUT2D eigenvalue weighted by Gasteiger charge is -2.34. The van der Waals surface area contributed by atoms with Crippen LogP contribution in [0.5, 0.6) is 0 Å². The summed E-state index contributed by atoms with van der Waals surface area (Å²) in [6, 6.07) is 15.6. The van der Waals surface area contributed by atoms with Crippen LogP contribution < -0.4 is 10.2 Å². The van der Waals surface area contributed by atoms with Gasteiger partial charge in [-0.2, -0.15) is 4.31 Å². The van der Waals surface area contributed by atoms with Gasteiger partial charge in [-0.25, -0.2) is 13.4 Å². The highest BCUT2D eigenvalue weighted by Crippen LogP contribution is 2.29. The van der Waals surface area contributed by atoms with E-state index in [4.69, 9.17) is 0 Å². The Labute approximate surface area is 210 Å². The molecule has 1 fully saturated rings. The van der Waals surface area contributed by atoms with E-state index >= 15 is 0 Å². The van der Waals surface area contributed by atoms with Gasteiger partial charge in [0, 0.05) is 53.0 Å². The number of nitrogens with zero attached hydrogens (tertiary/aromatic N) is 3. The Balaban J connectivity index is 1.26. The summed E-state index contributed by atoms with van der Waals surface area (Å²) in [6.07, 6.45) is 1.24. The van der Waals surface area contributed by atoms with Crippen molar-refractivity contribution in [3.63, 3.8) is 0 Å². The number of rotatable bonds is 7. The maximum atomic E-state index is 12.4. The number of thiazole rings is 1. The zero-order chi connectivity index (χ0) is 23.4. The van der Waals surface area contributed by atoms with Gasteiger partial charge in [0.25, 0.3) is 0 Å². The minimum absolute atomic E-state index is 0.0880. The lowest BCUT2D eigenvalue weighted by atomic mass is 10.2. The number of anilines is 2. The van der Waals surface area contributed by atoms with Gasteiger partial charge in [0.1, 0.15) is 0 Å². The average molecular weight is 568 g/mol. The lowest BCUT2D eigenvalue weighted by molar-refractivity contribution is -0.113. The molecule has 4 rings (SSSR count). The second kappa shape index (κ2) is 10.6. The molecule has 33 heavy (non-hydrogen) atoms. The number of piperazine rings is 1. The molecular formula is C22H23BrN4O3S3. The van der Waals surface area contributed by atoms with E-state index in [1.807, 2.05) is 53.9 Å². The van der Waals surface area contributed by atoms with Crippen LogP contribution in [0.2, 0.25) is 0 Å². The predicted molar refractivity (Wildman–Crippen MR) is 140 cm³/mol. The quantitative estimate of drug-likeness (QED) is 0.427. The molecule has 0 aliphatic carbocycles. The minimum atomic E-state index is -3.14. The van der Waals surface area contributed by atoms with E-state index in [1.165, 1.54) is 33.7 Å². The van der Waals surface area contributed by atoms with Gasteiger partial charge < -0.3 is 10.2 Å². The zero-order valence-corrected chi connectivity index (χ0v) is 21.9. The van der Waals surface area contributed by atoms with Crippen molar-refractivity contribution < 1.29 is 13.2 Å². The number of carbonyl (C=O) groups excluding carboxylic acids is 1. The van der Waals surface area contributed by atoms with Crippen molar-refractivity contribution in [1.29, 1.82) is 0 Å². The summed E-state index contributed by atoms with van der Waals surface area (Å²) >= 11 is 6.38. The van der Waals surface area contributed by atoms with Crippen LogP contribution in [0.1, 0.15) is 0 Å². The smallest absolute Gasteiger partial charge is 0.234 e. The Bertz CT molecular complexity index is 1210. The third-order valence-corrected chi connectivity index (χ3v) is 9.03. The number of hydrogen-bond acceptors (Lipinski definition) is 7. The van der Waals surface area contributed by atoms with Gasteiger partial charge in [-0.15, -0.1) is 11.3 Å². The standard InChI is InChI=1S/C22H23BrN4O3S3/c1-33(29,30)27-12-10-26(11-13-27)19-8-6-18(7-9-19)24-21(28)15-32-22-25-20(14-31-22)16-2-4-17(23)5-3-16/h2-9,14H,10-13,15H2,1H3,(H,24,28). The van der Waals surface area contributed by atoms with E-state index in [1.54, 1.807) is 0 Å². The highest BCUT2D eigenvalue weighted by atomic mass is 79.9. The molecule has 1 amide bonds. The summed E-state index contributed by atoms with van der Waals surface area (Å²) in [5.41, 5.74) is 3.69. The minimum Gasteiger partial charge on any atom is -0.369 e. The van der Waals surface area contributed by atoms with Crippen LogP contribution in [0, 0.1) is 0 Å². The Morgan fingerprint density at radius 1 is 1.09 bits per heavy atom. The van der Waals surface area contributed by atoms with E-state index in [-0.39, 0.29) is 11.7 Å². The zero-order valence-electron chi connectivity index (χ0n) is 17.9. The van der Waals surface area contributed by atoms with Gasteiger partial charge >= 0.3 is 0 Å². The third-order valence-electron chi connectivity index (χ3n) is 5.17. The normalized spacial score (nSPS) is 14.9. The molecule has 0 atom stereocenters. The maximum Gasteiger partial charge on any atom is 0.234 e. The molecule has 2 aromatic carbocycles. The van der Waals surface area contributed by atoms with Crippen molar-refractivity contribution in [2.45, 2.75) is 4.34 Å². The molecule has 1 N–H and O–H groups in total. The first-order valence-corrected chi connectivity index (χ1v) is 14.7. The number of sulfonamides is 1. The van der Waals surface area contributed by atoms with Crippen molar-refractivity contribution in [3.8, 4) is 11.3 Å². The number of halogens is 1. The van der Waals surface area contributed by atoms with Crippen LogP contribution in [0.4, 0.5) is 11.4 Å². The van der Waals surface area contributed by atoms with E-state index in [9.17, 15) is 13.2 Å². The molecule has 0 unspecified atom stereocenters. The monoisotopic (exact) mass is 566 g/mol. The molecule has 1 aliphatic rings.